The maximum absolute atomic E-state index is 13.2. The van der Waals surface area contributed by atoms with Crippen molar-refractivity contribution in [3.8, 4) is 11.5 Å². The van der Waals surface area contributed by atoms with E-state index in [1.807, 2.05) is 30.3 Å². The predicted molar refractivity (Wildman–Crippen MR) is 138 cm³/mol. The Balaban J connectivity index is 1.36. The molecule has 186 valence electrons. The molecule has 2 amide bonds. The smallest absolute Gasteiger partial charge is 0.258 e. The molecular formula is C27H29N5O4. The molecule has 3 aromatic rings. The van der Waals surface area contributed by atoms with Crippen molar-refractivity contribution in [3.63, 3.8) is 0 Å². The topological polar surface area (TPSA) is 116 Å². The molecule has 36 heavy (non-hydrogen) atoms. The first-order valence-corrected chi connectivity index (χ1v) is 12.3. The lowest BCUT2D eigenvalue weighted by Gasteiger charge is -2.39. The van der Waals surface area contributed by atoms with Crippen LogP contribution >= 0.6 is 0 Å². The summed E-state index contributed by atoms with van der Waals surface area (Å²) in [5.41, 5.74) is 0.300. The molecule has 2 aliphatic heterocycles. The van der Waals surface area contributed by atoms with Gasteiger partial charge in [-0.1, -0.05) is 18.2 Å². The minimum Gasteiger partial charge on any atom is -0.457 e. The molecule has 0 bridgehead atoms. The normalized spacial score (nSPS) is 21.3. The van der Waals surface area contributed by atoms with Gasteiger partial charge in [0.15, 0.2) is 0 Å². The Bertz CT molecular complexity index is 1310. The van der Waals surface area contributed by atoms with Gasteiger partial charge in [-0.3, -0.25) is 19.4 Å². The van der Waals surface area contributed by atoms with Crippen molar-refractivity contribution in [2.24, 2.45) is 0 Å². The van der Waals surface area contributed by atoms with Gasteiger partial charge in [0.2, 0.25) is 17.8 Å². The zero-order valence-corrected chi connectivity index (χ0v) is 20.3. The fourth-order valence-corrected chi connectivity index (χ4v) is 5.00. The highest BCUT2D eigenvalue weighted by molar-refractivity contribution is 6.04. The van der Waals surface area contributed by atoms with E-state index in [9.17, 15) is 14.4 Å². The van der Waals surface area contributed by atoms with Crippen LogP contribution in [0.2, 0.25) is 0 Å². The number of rotatable bonds is 5. The van der Waals surface area contributed by atoms with Gasteiger partial charge in [0.1, 0.15) is 17.3 Å². The van der Waals surface area contributed by atoms with Gasteiger partial charge in [-0.25, -0.2) is 0 Å². The van der Waals surface area contributed by atoms with E-state index in [-0.39, 0.29) is 35.8 Å². The van der Waals surface area contributed by atoms with Crippen LogP contribution < -0.4 is 25.8 Å². The Kier molecular flexibility index (Phi) is 6.45. The Morgan fingerprint density at radius 1 is 1.00 bits per heavy atom. The maximum atomic E-state index is 13.2. The van der Waals surface area contributed by atoms with Crippen molar-refractivity contribution in [1.82, 2.24) is 9.97 Å². The summed E-state index contributed by atoms with van der Waals surface area (Å²) in [6.07, 6.45) is 2.98. The third-order valence-electron chi connectivity index (χ3n) is 6.79. The molecule has 0 radical (unpaired) electrons. The van der Waals surface area contributed by atoms with E-state index < -0.39 is 17.4 Å². The van der Waals surface area contributed by atoms with Crippen molar-refractivity contribution in [1.29, 1.82) is 0 Å². The van der Waals surface area contributed by atoms with Gasteiger partial charge in [0, 0.05) is 24.2 Å². The van der Waals surface area contributed by atoms with E-state index in [2.05, 4.69) is 39.3 Å². The second kappa shape index (κ2) is 9.85. The molecule has 3 heterocycles. The largest absolute Gasteiger partial charge is 0.457 e. The van der Waals surface area contributed by atoms with Crippen LogP contribution in [0.5, 0.6) is 11.5 Å². The highest BCUT2D eigenvalue weighted by Gasteiger charge is 2.36. The van der Waals surface area contributed by atoms with Crippen LogP contribution in [0.15, 0.2) is 59.4 Å². The van der Waals surface area contributed by atoms with Gasteiger partial charge in [0.05, 0.1) is 11.5 Å². The minimum absolute atomic E-state index is 0.130. The standard InChI is InChI=1S/C27H29N5O4/c1-16-7-6-8-17(2)32(16)27-30-24-23(26(35)31-27)21(15-22(33)29-24)25(34)28-18-11-13-20(14-12-18)36-19-9-4-3-5-10-19/h3-5,9-14,16-17,21H,6-8,15H2,1-2H3,(H,28,34)(H2,29,30,31,33,35)/t16-,17-,21-/m1/s1. The molecule has 0 aliphatic carbocycles. The number of carbonyl (C=O) groups is 2. The van der Waals surface area contributed by atoms with E-state index in [4.69, 9.17) is 4.74 Å². The number of anilines is 3. The number of aromatic amines is 1. The summed E-state index contributed by atoms with van der Waals surface area (Å²) >= 11 is 0. The van der Waals surface area contributed by atoms with Gasteiger partial charge in [-0.2, -0.15) is 4.98 Å². The van der Waals surface area contributed by atoms with Crippen LogP contribution in [-0.2, 0) is 9.59 Å². The van der Waals surface area contributed by atoms with Crippen molar-refractivity contribution in [2.45, 2.75) is 57.5 Å². The number of hydrogen-bond acceptors (Lipinski definition) is 6. The predicted octanol–water partition coefficient (Wildman–Crippen LogP) is 4.39. The first-order valence-electron chi connectivity index (χ1n) is 12.3. The van der Waals surface area contributed by atoms with Crippen molar-refractivity contribution in [2.75, 3.05) is 15.5 Å². The number of aromatic nitrogens is 2. The number of nitrogens with one attached hydrogen (secondary N) is 3. The third-order valence-corrected chi connectivity index (χ3v) is 6.79. The van der Waals surface area contributed by atoms with E-state index in [1.54, 1.807) is 24.3 Å². The first-order chi connectivity index (χ1) is 17.4. The van der Waals surface area contributed by atoms with Crippen LogP contribution in [0.3, 0.4) is 0 Å². The lowest BCUT2D eigenvalue weighted by molar-refractivity contribution is -0.123. The Hall–Kier alpha value is -4.14. The number of hydrogen-bond donors (Lipinski definition) is 3. The fourth-order valence-electron chi connectivity index (χ4n) is 5.00. The zero-order valence-electron chi connectivity index (χ0n) is 20.3. The number of H-pyrrole nitrogens is 1. The number of para-hydroxylation sites is 1. The summed E-state index contributed by atoms with van der Waals surface area (Å²) in [5, 5.41) is 5.51. The zero-order chi connectivity index (χ0) is 25.2. The highest BCUT2D eigenvalue weighted by Crippen LogP contribution is 2.33. The lowest BCUT2D eigenvalue weighted by Crippen LogP contribution is -2.46. The van der Waals surface area contributed by atoms with E-state index in [0.717, 1.165) is 19.3 Å². The molecule has 9 heteroatoms. The molecule has 0 spiro atoms. The molecule has 0 saturated carbocycles. The van der Waals surface area contributed by atoms with Gasteiger partial charge >= 0.3 is 0 Å². The van der Waals surface area contributed by atoms with Crippen LogP contribution in [-0.4, -0.2) is 33.9 Å². The number of carbonyl (C=O) groups excluding carboxylic acids is 2. The molecular weight excluding hydrogens is 458 g/mol. The first kappa shape index (κ1) is 23.6. The van der Waals surface area contributed by atoms with E-state index >= 15 is 0 Å². The molecule has 1 fully saturated rings. The molecule has 0 unspecified atom stereocenters. The Morgan fingerprint density at radius 3 is 2.36 bits per heavy atom. The third kappa shape index (κ3) is 4.82. The summed E-state index contributed by atoms with van der Waals surface area (Å²) in [4.78, 5) is 48.3. The molecule has 3 N–H and O–H groups in total. The van der Waals surface area contributed by atoms with Crippen LogP contribution in [0.1, 0.15) is 51.0 Å². The molecule has 3 atom stereocenters. The second-order valence-corrected chi connectivity index (χ2v) is 9.42. The number of piperidine rings is 1. The van der Waals surface area contributed by atoms with Gasteiger partial charge < -0.3 is 20.3 Å². The number of amides is 2. The average Bonchev–Trinajstić information content (AvgIpc) is 2.85. The van der Waals surface area contributed by atoms with Crippen LogP contribution in [0.4, 0.5) is 17.5 Å². The van der Waals surface area contributed by atoms with Gasteiger partial charge in [-0.05, 0) is 69.5 Å². The summed E-state index contributed by atoms with van der Waals surface area (Å²) < 4.78 is 5.78. The van der Waals surface area contributed by atoms with E-state index in [1.165, 1.54) is 0 Å². The molecule has 1 saturated heterocycles. The molecule has 9 nitrogen and oxygen atoms in total. The summed E-state index contributed by atoms with van der Waals surface area (Å²) in [6.45, 7) is 4.19. The highest BCUT2D eigenvalue weighted by atomic mass is 16.5. The average molecular weight is 488 g/mol. The Labute approximate surface area is 208 Å². The van der Waals surface area contributed by atoms with Crippen LogP contribution in [0.25, 0.3) is 0 Å². The molecule has 2 aliphatic rings. The minimum atomic E-state index is -0.949. The maximum Gasteiger partial charge on any atom is 0.258 e. The van der Waals surface area contributed by atoms with Crippen molar-refractivity contribution in [3.05, 3.63) is 70.5 Å². The number of fused-ring (bicyclic) bond motifs is 1. The Morgan fingerprint density at radius 2 is 1.67 bits per heavy atom. The summed E-state index contributed by atoms with van der Waals surface area (Å²) in [7, 11) is 0. The quantitative estimate of drug-likeness (QED) is 0.491. The monoisotopic (exact) mass is 487 g/mol. The fraction of sp³-hybridized carbons (Fsp3) is 0.333. The molecule has 5 rings (SSSR count). The van der Waals surface area contributed by atoms with Gasteiger partial charge in [-0.15, -0.1) is 0 Å². The van der Waals surface area contributed by atoms with Crippen molar-refractivity contribution >= 4 is 29.3 Å². The summed E-state index contributed by atoms with van der Waals surface area (Å²) in [6, 6.07) is 16.7. The number of benzene rings is 2. The van der Waals surface area contributed by atoms with Crippen molar-refractivity contribution < 1.29 is 14.3 Å². The van der Waals surface area contributed by atoms with E-state index in [0.29, 0.717) is 23.1 Å². The van der Waals surface area contributed by atoms with Crippen LogP contribution in [0, 0.1) is 0 Å². The SMILES string of the molecule is C[C@@H]1CCC[C@@H](C)N1c1nc2c(c(=O)[nH]1)[C@H](C(=O)Nc1ccc(Oc3ccccc3)cc1)CC(=O)N2. The lowest BCUT2D eigenvalue weighted by atomic mass is 9.92. The number of nitrogens with zero attached hydrogens (tertiary/aromatic N) is 2. The molecule has 2 aromatic carbocycles. The summed E-state index contributed by atoms with van der Waals surface area (Å²) in [5.74, 6) is 0.168. The molecule has 1 aromatic heterocycles. The second-order valence-electron chi connectivity index (χ2n) is 9.42. The van der Waals surface area contributed by atoms with Gasteiger partial charge in [0.25, 0.3) is 5.56 Å². The number of ether oxygens (including phenoxy) is 1.